The van der Waals surface area contributed by atoms with Crippen molar-refractivity contribution in [1.82, 2.24) is 0 Å². The maximum absolute atomic E-state index is 13.4. The summed E-state index contributed by atoms with van der Waals surface area (Å²) in [6.45, 7) is 0. The van der Waals surface area contributed by atoms with Crippen molar-refractivity contribution in [2.24, 2.45) is 0 Å². The van der Waals surface area contributed by atoms with Crippen LogP contribution in [0.5, 0.6) is 0 Å². The molecule has 0 aliphatic rings. The Bertz CT molecular complexity index is 1070. The summed E-state index contributed by atoms with van der Waals surface area (Å²) in [7, 11) is -2.63. The number of halogens is 1. The van der Waals surface area contributed by atoms with Gasteiger partial charge in [0.2, 0.25) is 0 Å². The van der Waals surface area contributed by atoms with Gasteiger partial charge in [-0.3, -0.25) is 0 Å². The van der Waals surface area contributed by atoms with Gasteiger partial charge in [0.15, 0.2) is 0 Å². The van der Waals surface area contributed by atoms with Gasteiger partial charge in [-0.1, -0.05) is 0 Å². The summed E-state index contributed by atoms with van der Waals surface area (Å²) in [6.07, 6.45) is 0.199. The van der Waals surface area contributed by atoms with Gasteiger partial charge in [-0.25, -0.2) is 0 Å². The molecule has 33 heavy (non-hydrogen) atoms. The Morgan fingerprint density at radius 1 is 0.697 bits per heavy atom. The Balaban J connectivity index is 1.66. The predicted octanol–water partition coefficient (Wildman–Crippen LogP) is 4.93. The van der Waals surface area contributed by atoms with Crippen molar-refractivity contribution >= 4 is 29.0 Å². The molecule has 0 fully saturated rings. The molecule has 1 atom stereocenters. The van der Waals surface area contributed by atoms with Gasteiger partial charge in [0.05, 0.1) is 0 Å². The van der Waals surface area contributed by atoms with E-state index < -0.39 is 13.4 Å². The number of carbonyl (C=O) groups excluding carboxylic acids is 1. The number of carbonyl (C=O) groups is 1. The molecule has 1 N–H and O–H groups in total. The second-order valence-corrected chi connectivity index (χ2v) is 12.2. The molecule has 0 heterocycles. The van der Waals surface area contributed by atoms with Crippen LogP contribution >= 0.6 is 7.26 Å². The zero-order valence-corrected chi connectivity index (χ0v) is 19.4. The van der Waals surface area contributed by atoms with Gasteiger partial charge in [-0.2, -0.15) is 0 Å². The molecule has 0 aliphatic carbocycles. The quantitative estimate of drug-likeness (QED) is 0.361. The summed E-state index contributed by atoms with van der Waals surface area (Å²) >= 11 is 0. The molecule has 0 saturated heterocycles. The SMILES string of the molecule is O=C(CCC(O)c1ccc(F)cc1)C[PH](c1ccccc1)(c1ccccc1)c1ccccc1. The molecule has 4 aromatic rings. The molecule has 2 nitrogen and oxygen atoms in total. The number of hydrogen-bond donors (Lipinski definition) is 1. The average molecular weight is 459 g/mol. The van der Waals surface area contributed by atoms with Gasteiger partial charge in [-0.05, 0) is 0 Å². The first-order valence-corrected chi connectivity index (χ1v) is 13.4. The summed E-state index contributed by atoms with van der Waals surface area (Å²) in [5.41, 5.74) is 0.627. The van der Waals surface area contributed by atoms with E-state index in [4.69, 9.17) is 0 Å². The first kappa shape index (κ1) is 23.0. The monoisotopic (exact) mass is 458 g/mol. The van der Waals surface area contributed by atoms with Crippen LogP contribution < -0.4 is 15.9 Å². The number of benzene rings is 4. The van der Waals surface area contributed by atoms with E-state index in [0.29, 0.717) is 18.1 Å². The van der Waals surface area contributed by atoms with Crippen molar-refractivity contribution in [3.05, 3.63) is 127 Å². The number of rotatable bonds is 9. The second kappa shape index (κ2) is 10.7. The molecule has 168 valence electrons. The molecule has 1 unspecified atom stereocenters. The Morgan fingerprint density at radius 2 is 1.12 bits per heavy atom. The van der Waals surface area contributed by atoms with Gasteiger partial charge in [0.25, 0.3) is 0 Å². The molecule has 4 rings (SSSR count). The van der Waals surface area contributed by atoms with E-state index >= 15 is 0 Å². The molecule has 0 amide bonds. The van der Waals surface area contributed by atoms with E-state index in [0.717, 1.165) is 0 Å². The van der Waals surface area contributed by atoms with E-state index in [-0.39, 0.29) is 18.0 Å². The number of hydrogen-bond acceptors (Lipinski definition) is 2. The minimum absolute atomic E-state index is 0.124. The molecular formula is C29H28FO2P. The maximum atomic E-state index is 13.4. The van der Waals surface area contributed by atoms with Crippen LogP contribution in [0.3, 0.4) is 0 Å². The molecule has 0 radical (unpaired) electrons. The number of aliphatic hydroxyl groups excluding tert-OH is 1. The van der Waals surface area contributed by atoms with E-state index in [1.54, 1.807) is 12.1 Å². The first-order valence-electron chi connectivity index (χ1n) is 11.2. The standard InChI is InChI=1S/C29H28FO2P/c30-24-18-16-23(17-19-24)29(32)21-20-25(31)22-33(26-10-4-1-5-11-26,27-12-6-2-7-13-27)28-14-8-3-9-15-28/h1-19,29,32-33H,20-22H2. The van der Waals surface area contributed by atoms with Gasteiger partial charge in [-0.15, -0.1) is 0 Å². The summed E-state index contributed by atoms with van der Waals surface area (Å²) in [5.74, 6) is -0.217. The van der Waals surface area contributed by atoms with E-state index in [9.17, 15) is 14.3 Å². The molecule has 0 bridgehead atoms. The van der Waals surface area contributed by atoms with Crippen LogP contribution in [-0.2, 0) is 4.79 Å². The third kappa shape index (κ3) is 5.27. The van der Waals surface area contributed by atoms with E-state index in [1.165, 1.54) is 28.0 Å². The topological polar surface area (TPSA) is 37.3 Å². The van der Waals surface area contributed by atoms with E-state index in [1.807, 2.05) is 54.6 Å². The Labute approximate surface area is 195 Å². The van der Waals surface area contributed by atoms with Gasteiger partial charge >= 0.3 is 195 Å². The summed E-state index contributed by atoms with van der Waals surface area (Å²) < 4.78 is 13.2. The van der Waals surface area contributed by atoms with Gasteiger partial charge < -0.3 is 0 Å². The zero-order chi connectivity index (χ0) is 23.1. The fraction of sp³-hybridized carbons (Fsp3) is 0.138. The average Bonchev–Trinajstić information content (AvgIpc) is 2.88. The molecule has 4 aromatic carbocycles. The van der Waals surface area contributed by atoms with Gasteiger partial charge in [0.1, 0.15) is 0 Å². The van der Waals surface area contributed by atoms with Crippen molar-refractivity contribution in [2.45, 2.75) is 18.9 Å². The van der Waals surface area contributed by atoms with Crippen LogP contribution in [0.15, 0.2) is 115 Å². The Hall–Kier alpha value is -3.13. The van der Waals surface area contributed by atoms with Crippen LogP contribution in [0.1, 0.15) is 24.5 Å². The Morgan fingerprint density at radius 3 is 1.55 bits per heavy atom. The second-order valence-electron chi connectivity index (χ2n) is 8.32. The predicted molar refractivity (Wildman–Crippen MR) is 137 cm³/mol. The summed E-state index contributed by atoms with van der Waals surface area (Å²) in [4.78, 5) is 13.4. The molecule has 0 aliphatic heterocycles. The van der Waals surface area contributed by atoms with Crippen LogP contribution in [0.2, 0.25) is 0 Å². The van der Waals surface area contributed by atoms with Crippen molar-refractivity contribution in [3.8, 4) is 0 Å². The molecule has 4 heteroatoms. The molecule has 0 spiro atoms. The third-order valence-electron chi connectivity index (χ3n) is 6.21. The fourth-order valence-electron chi connectivity index (χ4n) is 4.51. The number of Topliss-reactive ketones (excluding diaryl/α,β-unsaturated/α-hetero) is 1. The number of ketones is 1. The van der Waals surface area contributed by atoms with Crippen molar-refractivity contribution in [2.75, 3.05) is 6.16 Å². The van der Waals surface area contributed by atoms with Crippen LogP contribution in [-0.4, -0.2) is 17.1 Å². The number of aliphatic hydroxyl groups is 1. The van der Waals surface area contributed by atoms with Crippen LogP contribution in [0.25, 0.3) is 0 Å². The fourth-order valence-corrected chi connectivity index (χ4v) is 9.17. The van der Waals surface area contributed by atoms with Crippen molar-refractivity contribution in [1.29, 1.82) is 0 Å². The summed E-state index contributed by atoms with van der Waals surface area (Å²) in [5, 5.41) is 14.1. The normalized spacial score (nSPS) is 12.8. The Kier molecular flexibility index (Phi) is 7.44. The van der Waals surface area contributed by atoms with Crippen LogP contribution in [0.4, 0.5) is 4.39 Å². The molecule has 0 saturated carbocycles. The minimum atomic E-state index is -2.63. The third-order valence-corrected chi connectivity index (χ3v) is 11.1. The zero-order valence-electron chi connectivity index (χ0n) is 18.4. The summed E-state index contributed by atoms with van der Waals surface area (Å²) in [6, 6.07) is 36.8. The van der Waals surface area contributed by atoms with E-state index in [2.05, 4.69) is 36.4 Å². The first-order chi connectivity index (χ1) is 16.1. The molecular weight excluding hydrogens is 430 g/mol. The van der Waals surface area contributed by atoms with Crippen LogP contribution in [0, 0.1) is 5.82 Å². The van der Waals surface area contributed by atoms with Crippen molar-refractivity contribution < 1.29 is 14.3 Å². The van der Waals surface area contributed by atoms with Gasteiger partial charge in [0, 0.05) is 0 Å². The molecule has 0 aromatic heterocycles. The van der Waals surface area contributed by atoms with Crippen molar-refractivity contribution in [3.63, 3.8) is 0 Å².